The number of carbonyl (C=O) groups excluding carboxylic acids is 2. The van der Waals surface area contributed by atoms with E-state index in [0.717, 1.165) is 55.8 Å². The molecule has 3 amide bonds. The van der Waals surface area contributed by atoms with Gasteiger partial charge in [0.25, 0.3) is 0 Å². The molecule has 2 aromatic carbocycles. The van der Waals surface area contributed by atoms with Gasteiger partial charge in [-0.3, -0.25) is 10.1 Å². The molecule has 1 aliphatic heterocycles. The Morgan fingerprint density at radius 2 is 1.63 bits per heavy atom. The molecule has 0 saturated carbocycles. The monoisotopic (exact) mass is 515 g/mol. The van der Waals surface area contributed by atoms with Crippen LogP contribution in [0.5, 0.6) is 0 Å². The summed E-state index contributed by atoms with van der Waals surface area (Å²) in [7, 11) is 0. The highest BCUT2D eigenvalue weighted by molar-refractivity contribution is 5.99. The van der Waals surface area contributed by atoms with E-state index in [0.29, 0.717) is 18.2 Å². The Labute approximate surface area is 226 Å². The number of carbonyl (C=O) groups is 2. The van der Waals surface area contributed by atoms with E-state index in [9.17, 15) is 9.59 Å². The van der Waals surface area contributed by atoms with Gasteiger partial charge in [-0.15, -0.1) is 0 Å². The van der Waals surface area contributed by atoms with Crippen LogP contribution in [-0.2, 0) is 16.6 Å². The molecule has 3 aromatic rings. The Kier molecular flexibility index (Phi) is 8.55. The molecule has 7 nitrogen and oxygen atoms in total. The number of hydrogen-bond acceptors (Lipinski definition) is 3. The van der Waals surface area contributed by atoms with Crippen LogP contribution in [0, 0.1) is 12.8 Å². The molecular formula is C31H41N5O2. The zero-order valence-corrected chi connectivity index (χ0v) is 23.4. The summed E-state index contributed by atoms with van der Waals surface area (Å²) in [6.07, 6.45) is 4.64. The van der Waals surface area contributed by atoms with Crippen molar-refractivity contribution in [2.75, 3.05) is 23.7 Å². The molecule has 4 rings (SSSR count). The van der Waals surface area contributed by atoms with Gasteiger partial charge in [-0.05, 0) is 68.4 Å². The Morgan fingerprint density at radius 1 is 0.974 bits per heavy atom. The molecule has 1 aliphatic rings. The van der Waals surface area contributed by atoms with Gasteiger partial charge in [0.1, 0.15) is 5.82 Å². The third kappa shape index (κ3) is 7.03. The molecule has 0 bridgehead atoms. The second kappa shape index (κ2) is 11.8. The number of urea groups is 1. The number of rotatable bonds is 7. The summed E-state index contributed by atoms with van der Waals surface area (Å²) in [5.74, 6) is 1.50. The summed E-state index contributed by atoms with van der Waals surface area (Å²) >= 11 is 0. The van der Waals surface area contributed by atoms with Crippen LogP contribution in [0.15, 0.2) is 54.6 Å². The third-order valence-electron chi connectivity index (χ3n) is 7.17. The van der Waals surface area contributed by atoms with Crippen molar-refractivity contribution in [1.82, 2.24) is 14.7 Å². The molecule has 0 unspecified atom stereocenters. The summed E-state index contributed by atoms with van der Waals surface area (Å²) in [4.78, 5) is 27.1. The van der Waals surface area contributed by atoms with Gasteiger partial charge < -0.3 is 10.2 Å². The van der Waals surface area contributed by atoms with E-state index in [-0.39, 0.29) is 17.4 Å². The average Bonchev–Trinajstić information content (AvgIpc) is 3.30. The molecule has 38 heavy (non-hydrogen) atoms. The normalized spacial score (nSPS) is 14.4. The van der Waals surface area contributed by atoms with Crippen molar-refractivity contribution >= 4 is 23.4 Å². The molecule has 0 radical (unpaired) electrons. The second-order valence-corrected chi connectivity index (χ2v) is 11.5. The Hall–Kier alpha value is -3.61. The van der Waals surface area contributed by atoms with Crippen LogP contribution in [0.4, 0.5) is 16.3 Å². The standard InChI is InChI=1S/C31H41N5O2/c1-6-7-29(37)35-18-16-24(17-19-35)20-23-10-12-25(13-11-23)32-30(38)33-28-21-27(31(3,4)5)34-36(28)26-14-8-22(2)9-15-26/h8-15,21,24H,6-7,16-20H2,1-5H3,(H2,32,33,38). The third-order valence-corrected chi connectivity index (χ3v) is 7.17. The average molecular weight is 516 g/mol. The molecule has 2 heterocycles. The highest BCUT2D eigenvalue weighted by Gasteiger charge is 2.23. The number of benzene rings is 2. The maximum atomic E-state index is 12.9. The fourth-order valence-corrected chi connectivity index (χ4v) is 4.81. The molecule has 7 heteroatoms. The Balaban J connectivity index is 1.36. The van der Waals surface area contributed by atoms with Crippen molar-refractivity contribution in [3.8, 4) is 5.69 Å². The van der Waals surface area contributed by atoms with E-state index >= 15 is 0 Å². The van der Waals surface area contributed by atoms with E-state index in [2.05, 4.69) is 50.5 Å². The highest BCUT2D eigenvalue weighted by atomic mass is 16.2. The number of aryl methyl sites for hydroxylation is 1. The van der Waals surface area contributed by atoms with Gasteiger partial charge in [-0.25, -0.2) is 9.48 Å². The van der Waals surface area contributed by atoms with Gasteiger partial charge in [0.2, 0.25) is 5.91 Å². The van der Waals surface area contributed by atoms with Gasteiger partial charge in [0.05, 0.1) is 11.4 Å². The second-order valence-electron chi connectivity index (χ2n) is 11.5. The number of nitrogens with one attached hydrogen (secondary N) is 2. The summed E-state index contributed by atoms with van der Waals surface area (Å²) < 4.78 is 1.78. The Bertz CT molecular complexity index is 1230. The largest absolute Gasteiger partial charge is 0.343 e. The van der Waals surface area contributed by atoms with Crippen LogP contribution < -0.4 is 10.6 Å². The number of aromatic nitrogens is 2. The van der Waals surface area contributed by atoms with E-state index in [1.165, 1.54) is 11.1 Å². The molecule has 0 aliphatic carbocycles. The van der Waals surface area contributed by atoms with Gasteiger partial charge in [0.15, 0.2) is 0 Å². The van der Waals surface area contributed by atoms with E-state index < -0.39 is 0 Å². The van der Waals surface area contributed by atoms with E-state index in [1.54, 1.807) is 4.68 Å². The van der Waals surface area contributed by atoms with Gasteiger partial charge in [-0.2, -0.15) is 5.10 Å². The maximum absolute atomic E-state index is 12.9. The lowest BCUT2D eigenvalue weighted by molar-refractivity contribution is -0.132. The van der Waals surface area contributed by atoms with E-state index in [1.807, 2.05) is 54.3 Å². The number of nitrogens with zero attached hydrogens (tertiary/aromatic N) is 3. The lowest BCUT2D eigenvalue weighted by Crippen LogP contribution is -2.38. The van der Waals surface area contributed by atoms with Crippen LogP contribution in [0.1, 0.15) is 70.2 Å². The smallest absolute Gasteiger partial charge is 0.324 e. The van der Waals surface area contributed by atoms with Crippen molar-refractivity contribution in [2.24, 2.45) is 5.92 Å². The van der Waals surface area contributed by atoms with Crippen LogP contribution in [0.25, 0.3) is 5.69 Å². The summed E-state index contributed by atoms with van der Waals surface area (Å²) in [5.41, 5.74) is 4.80. The molecule has 1 aromatic heterocycles. The predicted octanol–water partition coefficient (Wildman–Crippen LogP) is 6.70. The minimum Gasteiger partial charge on any atom is -0.343 e. The van der Waals surface area contributed by atoms with Crippen molar-refractivity contribution in [3.63, 3.8) is 0 Å². The first-order chi connectivity index (χ1) is 18.1. The molecule has 2 N–H and O–H groups in total. The lowest BCUT2D eigenvalue weighted by atomic mass is 9.90. The van der Waals surface area contributed by atoms with Gasteiger partial charge in [0, 0.05) is 36.7 Å². The summed E-state index contributed by atoms with van der Waals surface area (Å²) in [6.45, 7) is 12.1. The van der Waals surface area contributed by atoms with Crippen LogP contribution in [0.3, 0.4) is 0 Å². The van der Waals surface area contributed by atoms with Gasteiger partial charge in [-0.1, -0.05) is 57.5 Å². The minimum atomic E-state index is -0.310. The summed E-state index contributed by atoms with van der Waals surface area (Å²) in [5, 5.41) is 10.7. The van der Waals surface area contributed by atoms with Gasteiger partial charge >= 0.3 is 6.03 Å². The maximum Gasteiger partial charge on any atom is 0.324 e. The van der Waals surface area contributed by atoms with E-state index in [4.69, 9.17) is 5.10 Å². The fourth-order valence-electron chi connectivity index (χ4n) is 4.81. The van der Waals surface area contributed by atoms with Crippen molar-refractivity contribution in [2.45, 2.75) is 72.1 Å². The first-order valence-electron chi connectivity index (χ1n) is 13.7. The number of piperidine rings is 1. The minimum absolute atomic E-state index is 0.152. The molecule has 1 saturated heterocycles. The van der Waals surface area contributed by atoms with Crippen molar-refractivity contribution in [3.05, 3.63) is 71.4 Å². The first kappa shape index (κ1) is 27.4. The van der Waals surface area contributed by atoms with Crippen molar-refractivity contribution in [1.29, 1.82) is 0 Å². The highest BCUT2D eigenvalue weighted by Crippen LogP contribution is 2.27. The number of likely N-dealkylation sites (tertiary alicyclic amines) is 1. The fraction of sp³-hybridized carbons (Fsp3) is 0.452. The quantitative estimate of drug-likeness (QED) is 0.367. The zero-order chi connectivity index (χ0) is 27.3. The Morgan fingerprint density at radius 3 is 2.24 bits per heavy atom. The number of hydrogen-bond donors (Lipinski definition) is 2. The SMILES string of the molecule is CCCC(=O)N1CCC(Cc2ccc(NC(=O)Nc3cc(C(C)(C)C)nn3-c3ccc(C)cc3)cc2)CC1. The number of amides is 3. The molecular weight excluding hydrogens is 474 g/mol. The summed E-state index contributed by atoms with van der Waals surface area (Å²) in [6, 6.07) is 17.8. The predicted molar refractivity (Wildman–Crippen MR) is 154 cm³/mol. The van der Waals surface area contributed by atoms with Crippen LogP contribution >= 0.6 is 0 Å². The molecule has 1 fully saturated rings. The topological polar surface area (TPSA) is 79.3 Å². The number of anilines is 2. The lowest BCUT2D eigenvalue weighted by Gasteiger charge is -2.32. The molecule has 202 valence electrons. The van der Waals surface area contributed by atoms with Crippen molar-refractivity contribution < 1.29 is 9.59 Å². The molecule has 0 atom stereocenters. The zero-order valence-electron chi connectivity index (χ0n) is 23.4. The van der Waals surface area contributed by atoms with Crippen LogP contribution in [0.2, 0.25) is 0 Å². The first-order valence-corrected chi connectivity index (χ1v) is 13.7. The molecule has 0 spiro atoms. The van der Waals surface area contributed by atoms with Crippen LogP contribution in [-0.4, -0.2) is 39.7 Å².